The fourth-order valence-corrected chi connectivity index (χ4v) is 4.77. The minimum absolute atomic E-state index is 0.0459. The second kappa shape index (κ2) is 6.08. The maximum atomic E-state index is 12.5. The summed E-state index contributed by atoms with van der Waals surface area (Å²) in [6.45, 7) is 0.267. The van der Waals surface area contributed by atoms with Crippen molar-refractivity contribution in [3.63, 3.8) is 0 Å². The van der Waals surface area contributed by atoms with E-state index < -0.39 is 9.84 Å². The minimum atomic E-state index is -3.04. The first-order valence-electron chi connectivity index (χ1n) is 7.48. The van der Waals surface area contributed by atoms with Gasteiger partial charge in [0.1, 0.15) is 0 Å². The first-order valence-corrected chi connectivity index (χ1v) is 9.68. The lowest BCUT2D eigenvalue weighted by molar-refractivity contribution is 0.131. The summed E-state index contributed by atoms with van der Waals surface area (Å²) < 4.78 is 23.8. The molecule has 1 heterocycles. The van der Waals surface area contributed by atoms with Gasteiger partial charge in [0.15, 0.2) is 9.84 Å². The van der Waals surface area contributed by atoms with Crippen LogP contribution in [0.3, 0.4) is 0 Å². The summed E-state index contributed by atoms with van der Waals surface area (Å²) in [5.41, 5.74) is 0.662. The van der Waals surface area contributed by atoms with Gasteiger partial charge in [-0.2, -0.15) is 0 Å². The SMILES string of the molecule is O=C(Nc1ccc(Cl)cc1)N1CCS(=O)(=O)CC1C1CCC1. The molecule has 0 spiro atoms. The van der Waals surface area contributed by atoms with Gasteiger partial charge in [-0.1, -0.05) is 18.0 Å². The van der Waals surface area contributed by atoms with Crippen LogP contribution in [0.1, 0.15) is 19.3 Å². The Bertz CT molecular complexity index is 656. The van der Waals surface area contributed by atoms with E-state index in [1.165, 1.54) is 0 Å². The standard InChI is InChI=1S/C15H19ClN2O3S/c16-12-4-6-13(7-5-12)17-15(19)18-8-9-22(20,21)10-14(18)11-2-1-3-11/h4-7,11,14H,1-3,8-10H2,(H,17,19). The van der Waals surface area contributed by atoms with Crippen LogP contribution in [0.5, 0.6) is 0 Å². The van der Waals surface area contributed by atoms with Crippen molar-refractivity contribution in [2.45, 2.75) is 25.3 Å². The van der Waals surface area contributed by atoms with Crippen molar-refractivity contribution >= 4 is 33.2 Å². The van der Waals surface area contributed by atoms with Crippen LogP contribution in [0.15, 0.2) is 24.3 Å². The van der Waals surface area contributed by atoms with Gasteiger partial charge in [-0.05, 0) is 43.0 Å². The van der Waals surface area contributed by atoms with Crippen LogP contribution in [0.2, 0.25) is 5.02 Å². The molecular weight excluding hydrogens is 324 g/mol. The highest BCUT2D eigenvalue weighted by Crippen LogP contribution is 2.34. The number of amides is 2. The van der Waals surface area contributed by atoms with Gasteiger partial charge in [-0.25, -0.2) is 13.2 Å². The predicted octanol–water partition coefficient (Wildman–Crippen LogP) is 2.77. The Morgan fingerprint density at radius 3 is 2.50 bits per heavy atom. The van der Waals surface area contributed by atoms with E-state index >= 15 is 0 Å². The molecule has 1 aliphatic heterocycles. The second-order valence-corrected chi connectivity index (χ2v) is 8.67. The van der Waals surface area contributed by atoms with Gasteiger partial charge in [-0.15, -0.1) is 0 Å². The van der Waals surface area contributed by atoms with Gasteiger partial charge in [0.25, 0.3) is 0 Å². The zero-order valence-electron chi connectivity index (χ0n) is 12.2. The Morgan fingerprint density at radius 1 is 1.23 bits per heavy atom. The number of rotatable bonds is 2. The van der Waals surface area contributed by atoms with E-state index in [1.807, 2.05) is 0 Å². The van der Waals surface area contributed by atoms with E-state index in [9.17, 15) is 13.2 Å². The average molecular weight is 343 g/mol. The molecule has 2 amide bonds. The van der Waals surface area contributed by atoms with Crippen LogP contribution in [0.25, 0.3) is 0 Å². The summed E-state index contributed by atoms with van der Waals surface area (Å²) in [5.74, 6) is 0.446. The van der Waals surface area contributed by atoms with Crippen LogP contribution < -0.4 is 5.32 Å². The van der Waals surface area contributed by atoms with Gasteiger partial charge in [0.2, 0.25) is 0 Å². The van der Waals surface area contributed by atoms with Crippen molar-refractivity contribution in [3.8, 4) is 0 Å². The molecule has 22 heavy (non-hydrogen) atoms. The third-order valence-electron chi connectivity index (χ3n) is 4.52. The van der Waals surface area contributed by atoms with Crippen molar-refractivity contribution in [1.29, 1.82) is 0 Å². The smallest absolute Gasteiger partial charge is 0.319 e. The monoisotopic (exact) mass is 342 g/mol. The number of anilines is 1. The molecule has 3 rings (SSSR count). The van der Waals surface area contributed by atoms with Crippen LogP contribution in [-0.4, -0.2) is 43.4 Å². The third kappa shape index (κ3) is 3.38. The summed E-state index contributed by atoms with van der Waals surface area (Å²) in [6, 6.07) is 6.47. The molecular formula is C15H19ClN2O3S. The molecule has 2 fully saturated rings. The Hall–Kier alpha value is -1.27. The summed E-state index contributed by atoms with van der Waals surface area (Å²) in [4.78, 5) is 14.2. The normalized spacial score (nSPS) is 24.6. The highest BCUT2D eigenvalue weighted by Gasteiger charge is 2.40. The zero-order valence-corrected chi connectivity index (χ0v) is 13.7. The molecule has 0 radical (unpaired) electrons. The van der Waals surface area contributed by atoms with Crippen molar-refractivity contribution in [1.82, 2.24) is 4.90 Å². The molecule has 1 aromatic rings. The highest BCUT2D eigenvalue weighted by atomic mass is 35.5. The molecule has 5 nitrogen and oxygen atoms in total. The fraction of sp³-hybridized carbons (Fsp3) is 0.533. The quantitative estimate of drug-likeness (QED) is 0.898. The zero-order chi connectivity index (χ0) is 15.7. The van der Waals surface area contributed by atoms with Gasteiger partial charge in [0, 0.05) is 17.3 Å². The summed E-state index contributed by atoms with van der Waals surface area (Å²) >= 11 is 5.83. The lowest BCUT2D eigenvalue weighted by Gasteiger charge is -2.43. The maximum absolute atomic E-state index is 12.5. The first kappa shape index (κ1) is 15.6. The summed E-state index contributed by atoms with van der Waals surface area (Å²) in [7, 11) is -3.04. The molecule has 0 bridgehead atoms. The molecule has 2 aliphatic rings. The summed E-state index contributed by atoms with van der Waals surface area (Å²) in [5, 5.41) is 3.44. The van der Waals surface area contributed by atoms with Gasteiger partial charge < -0.3 is 10.2 Å². The molecule has 1 unspecified atom stereocenters. The van der Waals surface area contributed by atoms with Crippen molar-refractivity contribution in [2.75, 3.05) is 23.4 Å². The van der Waals surface area contributed by atoms with E-state index in [1.54, 1.807) is 29.2 Å². The number of nitrogens with zero attached hydrogens (tertiary/aromatic N) is 1. The van der Waals surface area contributed by atoms with Crippen LogP contribution in [0, 0.1) is 5.92 Å². The molecule has 1 atom stereocenters. The maximum Gasteiger partial charge on any atom is 0.322 e. The van der Waals surface area contributed by atoms with E-state index in [-0.39, 0.29) is 30.1 Å². The van der Waals surface area contributed by atoms with E-state index in [2.05, 4.69) is 5.32 Å². The van der Waals surface area contributed by atoms with Crippen molar-refractivity contribution in [2.24, 2.45) is 5.92 Å². The summed E-state index contributed by atoms with van der Waals surface area (Å²) in [6.07, 6.45) is 3.13. The highest BCUT2D eigenvalue weighted by molar-refractivity contribution is 7.91. The van der Waals surface area contributed by atoms with Gasteiger partial charge >= 0.3 is 6.03 Å². The van der Waals surface area contributed by atoms with Crippen LogP contribution >= 0.6 is 11.6 Å². The fourth-order valence-electron chi connectivity index (χ4n) is 3.03. The number of carbonyl (C=O) groups is 1. The molecule has 120 valence electrons. The van der Waals surface area contributed by atoms with Gasteiger partial charge in [-0.3, -0.25) is 0 Å². The number of nitrogens with one attached hydrogen (secondary N) is 1. The number of hydrogen-bond acceptors (Lipinski definition) is 3. The third-order valence-corrected chi connectivity index (χ3v) is 6.42. The molecule has 1 aliphatic carbocycles. The number of sulfone groups is 1. The largest absolute Gasteiger partial charge is 0.322 e. The Balaban J connectivity index is 1.73. The minimum Gasteiger partial charge on any atom is -0.319 e. The number of benzene rings is 1. The Labute approximate surface area is 135 Å². The molecule has 7 heteroatoms. The Morgan fingerprint density at radius 2 is 1.91 bits per heavy atom. The first-order chi connectivity index (χ1) is 10.4. The molecule has 1 aromatic carbocycles. The van der Waals surface area contributed by atoms with Crippen LogP contribution in [0.4, 0.5) is 10.5 Å². The molecule has 0 aromatic heterocycles. The number of hydrogen-bond donors (Lipinski definition) is 1. The van der Waals surface area contributed by atoms with Gasteiger partial charge in [0.05, 0.1) is 17.5 Å². The lowest BCUT2D eigenvalue weighted by atomic mass is 9.79. The topological polar surface area (TPSA) is 66.5 Å². The Kier molecular flexibility index (Phi) is 4.32. The number of urea groups is 1. The molecule has 1 saturated heterocycles. The lowest BCUT2D eigenvalue weighted by Crippen LogP contribution is -2.56. The number of carbonyl (C=O) groups excluding carboxylic acids is 1. The predicted molar refractivity (Wildman–Crippen MR) is 87.0 cm³/mol. The molecule has 1 N–H and O–H groups in total. The molecule has 1 saturated carbocycles. The van der Waals surface area contributed by atoms with Crippen molar-refractivity contribution in [3.05, 3.63) is 29.3 Å². The van der Waals surface area contributed by atoms with Crippen molar-refractivity contribution < 1.29 is 13.2 Å². The number of halogens is 1. The average Bonchev–Trinajstić information content (AvgIpc) is 2.38. The van der Waals surface area contributed by atoms with Crippen LogP contribution in [-0.2, 0) is 9.84 Å². The van der Waals surface area contributed by atoms with E-state index in [0.717, 1.165) is 19.3 Å². The van der Waals surface area contributed by atoms with E-state index in [0.29, 0.717) is 16.6 Å². The van der Waals surface area contributed by atoms with E-state index in [4.69, 9.17) is 11.6 Å². The second-order valence-electron chi connectivity index (χ2n) is 6.00.